The van der Waals surface area contributed by atoms with Crippen molar-refractivity contribution >= 4 is 10.1 Å². The molecule has 0 aromatic heterocycles. The summed E-state index contributed by atoms with van der Waals surface area (Å²) in [7, 11) is -4.10. The van der Waals surface area contributed by atoms with Crippen LogP contribution in [-0.2, 0) is 14.3 Å². The van der Waals surface area contributed by atoms with E-state index in [1.807, 2.05) is 0 Å². The van der Waals surface area contributed by atoms with Gasteiger partial charge in [-0.1, -0.05) is 6.58 Å². The Kier molecular flexibility index (Phi) is 3.56. The lowest BCUT2D eigenvalue weighted by molar-refractivity contribution is -0.130. The van der Waals surface area contributed by atoms with E-state index in [1.54, 1.807) is 0 Å². The van der Waals surface area contributed by atoms with Crippen molar-refractivity contribution in [1.29, 1.82) is 0 Å². The highest BCUT2D eigenvalue weighted by Gasteiger charge is 2.30. The third-order valence-corrected chi connectivity index (χ3v) is 1.98. The van der Waals surface area contributed by atoms with Gasteiger partial charge in [-0.3, -0.25) is 0 Å². The van der Waals surface area contributed by atoms with Gasteiger partial charge in [-0.05, 0) is 0 Å². The number of hydrogen-bond donors (Lipinski definition) is 0. The van der Waals surface area contributed by atoms with Gasteiger partial charge in [0.05, 0.1) is 18.4 Å². The van der Waals surface area contributed by atoms with E-state index < -0.39 is 28.5 Å². The smallest absolute Gasteiger partial charge is 0.390 e. The second kappa shape index (κ2) is 3.79. The molecular weight excluding hydrogens is 197 g/mol. The monoisotopic (exact) mass is 204 g/mol. The van der Waals surface area contributed by atoms with Crippen LogP contribution in [-0.4, -0.2) is 20.3 Å². The summed E-state index contributed by atoms with van der Waals surface area (Å²) < 4.78 is 59.3. The van der Waals surface area contributed by atoms with Crippen LogP contribution in [0.4, 0.5) is 13.2 Å². The van der Waals surface area contributed by atoms with Crippen LogP contribution in [0.1, 0.15) is 6.42 Å². The Morgan fingerprint density at radius 1 is 1.42 bits per heavy atom. The molecule has 0 aromatic carbocycles. The minimum atomic E-state index is -4.49. The largest absolute Gasteiger partial charge is 0.391 e. The van der Waals surface area contributed by atoms with Gasteiger partial charge in [0.15, 0.2) is 0 Å². The van der Waals surface area contributed by atoms with Crippen LogP contribution >= 0.6 is 0 Å². The van der Waals surface area contributed by atoms with Gasteiger partial charge in [0, 0.05) is 0 Å². The quantitative estimate of drug-likeness (QED) is 0.514. The van der Waals surface area contributed by atoms with E-state index in [2.05, 4.69) is 10.8 Å². The molecule has 0 bridgehead atoms. The standard InChI is InChI=1S/C5H7F3O3S/c1-2-11-12(9,10)4-3-5(6,7)8/h2H,1,3-4H2. The predicted octanol–water partition coefficient (Wildman–Crippen LogP) is 1.43. The Balaban J connectivity index is 4.02. The molecule has 72 valence electrons. The molecule has 0 atom stereocenters. The van der Waals surface area contributed by atoms with Crippen molar-refractivity contribution in [2.75, 3.05) is 5.75 Å². The maximum absolute atomic E-state index is 11.5. The first-order chi connectivity index (χ1) is 5.27. The highest BCUT2D eigenvalue weighted by molar-refractivity contribution is 7.86. The average molecular weight is 204 g/mol. The van der Waals surface area contributed by atoms with E-state index in [0.717, 1.165) is 0 Å². The van der Waals surface area contributed by atoms with Crippen molar-refractivity contribution in [2.24, 2.45) is 0 Å². The molecule has 0 heterocycles. The molecule has 0 saturated heterocycles. The first kappa shape index (κ1) is 11.3. The van der Waals surface area contributed by atoms with Gasteiger partial charge in [0.2, 0.25) is 0 Å². The highest BCUT2D eigenvalue weighted by Crippen LogP contribution is 2.20. The topological polar surface area (TPSA) is 43.4 Å². The molecule has 0 fully saturated rings. The molecule has 0 rings (SSSR count). The van der Waals surface area contributed by atoms with Crippen LogP contribution in [0.5, 0.6) is 0 Å². The summed E-state index contributed by atoms with van der Waals surface area (Å²) in [5.41, 5.74) is 0. The fraction of sp³-hybridized carbons (Fsp3) is 0.600. The SMILES string of the molecule is C=COS(=O)(=O)CCC(F)(F)F. The summed E-state index contributed by atoms with van der Waals surface area (Å²) in [6.07, 6.45) is -5.33. The van der Waals surface area contributed by atoms with Crippen LogP contribution in [0, 0.1) is 0 Å². The second-order valence-electron chi connectivity index (χ2n) is 1.89. The normalized spacial score (nSPS) is 12.6. The van der Waals surface area contributed by atoms with Crippen LogP contribution in [0.25, 0.3) is 0 Å². The Labute approximate surface area is 68.0 Å². The van der Waals surface area contributed by atoms with Crippen molar-refractivity contribution in [3.63, 3.8) is 0 Å². The maximum atomic E-state index is 11.5. The molecule has 0 spiro atoms. The summed E-state index contributed by atoms with van der Waals surface area (Å²) in [5, 5.41) is 0. The van der Waals surface area contributed by atoms with E-state index >= 15 is 0 Å². The third kappa shape index (κ3) is 6.02. The van der Waals surface area contributed by atoms with Crippen LogP contribution < -0.4 is 0 Å². The van der Waals surface area contributed by atoms with E-state index in [4.69, 9.17) is 0 Å². The van der Waals surface area contributed by atoms with Gasteiger partial charge in [-0.25, -0.2) is 0 Å². The maximum Gasteiger partial charge on any atom is 0.390 e. The van der Waals surface area contributed by atoms with Crippen molar-refractivity contribution in [1.82, 2.24) is 0 Å². The Bertz CT molecular complexity index is 241. The van der Waals surface area contributed by atoms with Crippen molar-refractivity contribution in [3.05, 3.63) is 12.8 Å². The average Bonchev–Trinajstić information content (AvgIpc) is 1.83. The molecule has 0 N–H and O–H groups in total. The molecule has 3 nitrogen and oxygen atoms in total. The van der Waals surface area contributed by atoms with E-state index in [1.165, 1.54) is 0 Å². The molecule has 0 saturated carbocycles. The lowest BCUT2D eigenvalue weighted by Gasteiger charge is -2.05. The third-order valence-electron chi connectivity index (χ3n) is 0.850. The molecule has 0 radical (unpaired) electrons. The first-order valence-electron chi connectivity index (χ1n) is 2.85. The van der Waals surface area contributed by atoms with Gasteiger partial charge in [0.1, 0.15) is 0 Å². The summed E-state index contributed by atoms with van der Waals surface area (Å²) in [6.45, 7) is 2.91. The zero-order valence-corrected chi connectivity index (χ0v) is 6.78. The summed E-state index contributed by atoms with van der Waals surface area (Å²) in [5.74, 6) is -1.08. The van der Waals surface area contributed by atoms with Crippen molar-refractivity contribution < 1.29 is 25.8 Å². The van der Waals surface area contributed by atoms with E-state index in [9.17, 15) is 21.6 Å². The van der Waals surface area contributed by atoms with Gasteiger partial charge < -0.3 is 4.18 Å². The summed E-state index contributed by atoms with van der Waals surface area (Å²) in [4.78, 5) is 0. The fourth-order valence-corrected chi connectivity index (χ4v) is 1.18. The minimum Gasteiger partial charge on any atom is -0.391 e. The lowest BCUT2D eigenvalue weighted by Crippen LogP contribution is -2.16. The molecule has 0 unspecified atom stereocenters. The summed E-state index contributed by atoms with van der Waals surface area (Å²) in [6, 6.07) is 0. The lowest BCUT2D eigenvalue weighted by atomic mass is 10.5. The zero-order valence-electron chi connectivity index (χ0n) is 5.97. The first-order valence-corrected chi connectivity index (χ1v) is 4.43. The van der Waals surface area contributed by atoms with Gasteiger partial charge in [-0.15, -0.1) is 0 Å². The van der Waals surface area contributed by atoms with Gasteiger partial charge >= 0.3 is 16.3 Å². The minimum absolute atomic E-state index is 0.575. The number of hydrogen-bond acceptors (Lipinski definition) is 3. The molecule has 0 aliphatic rings. The Hall–Kier alpha value is -0.720. The molecule has 0 aliphatic heterocycles. The number of halogens is 3. The van der Waals surface area contributed by atoms with Gasteiger partial charge in [-0.2, -0.15) is 21.6 Å². The molecule has 0 aromatic rings. The molecule has 0 amide bonds. The second-order valence-corrected chi connectivity index (χ2v) is 3.61. The van der Waals surface area contributed by atoms with Crippen molar-refractivity contribution in [3.8, 4) is 0 Å². The summed E-state index contributed by atoms with van der Waals surface area (Å²) >= 11 is 0. The molecule has 7 heteroatoms. The van der Waals surface area contributed by atoms with E-state index in [-0.39, 0.29) is 0 Å². The Morgan fingerprint density at radius 2 is 1.92 bits per heavy atom. The van der Waals surface area contributed by atoms with Gasteiger partial charge in [0.25, 0.3) is 0 Å². The van der Waals surface area contributed by atoms with Crippen LogP contribution in [0.15, 0.2) is 12.8 Å². The highest BCUT2D eigenvalue weighted by atomic mass is 32.2. The van der Waals surface area contributed by atoms with Crippen molar-refractivity contribution in [2.45, 2.75) is 12.6 Å². The Morgan fingerprint density at radius 3 is 2.25 bits per heavy atom. The molecule has 12 heavy (non-hydrogen) atoms. The predicted molar refractivity (Wildman–Crippen MR) is 35.7 cm³/mol. The molecular formula is C5H7F3O3S. The zero-order chi connectivity index (χ0) is 9.83. The molecule has 0 aliphatic carbocycles. The fourth-order valence-electron chi connectivity index (χ4n) is 0.393. The number of alkyl halides is 3. The van der Waals surface area contributed by atoms with Crippen LogP contribution in [0.3, 0.4) is 0 Å². The number of rotatable bonds is 4. The van der Waals surface area contributed by atoms with Crippen LogP contribution in [0.2, 0.25) is 0 Å². The van der Waals surface area contributed by atoms with E-state index in [0.29, 0.717) is 6.26 Å².